The fourth-order valence-corrected chi connectivity index (χ4v) is 3.75. The molecule has 3 rings (SSSR count). The number of carbonyl (C=O) groups excluding carboxylic acids is 1. The van der Waals surface area contributed by atoms with E-state index in [4.69, 9.17) is 4.74 Å². The first-order valence-electron chi connectivity index (χ1n) is 7.48. The summed E-state index contributed by atoms with van der Waals surface area (Å²) in [6.45, 7) is 10.6. The Kier molecular flexibility index (Phi) is 3.78. The molecule has 5 nitrogen and oxygen atoms in total. The lowest BCUT2D eigenvalue weighted by Crippen LogP contribution is -2.51. The van der Waals surface area contributed by atoms with E-state index < -0.39 is 0 Å². The molecule has 0 radical (unpaired) electrons. The smallest absolute Gasteiger partial charge is 0.236 e. The van der Waals surface area contributed by atoms with Crippen molar-refractivity contribution in [2.24, 2.45) is 11.8 Å². The number of fused-ring (bicyclic) bond motifs is 1. The normalized spacial score (nSPS) is 39.6. The third-order valence-corrected chi connectivity index (χ3v) is 4.60. The van der Waals surface area contributed by atoms with E-state index in [1.54, 1.807) is 0 Å². The Morgan fingerprint density at radius 1 is 1.11 bits per heavy atom. The van der Waals surface area contributed by atoms with Crippen molar-refractivity contribution in [3.8, 4) is 0 Å². The second-order valence-corrected chi connectivity index (χ2v) is 6.43. The Morgan fingerprint density at radius 2 is 1.68 bits per heavy atom. The van der Waals surface area contributed by atoms with Crippen LogP contribution in [-0.2, 0) is 9.53 Å². The van der Waals surface area contributed by atoms with Crippen LogP contribution < -0.4 is 5.32 Å². The first-order valence-corrected chi connectivity index (χ1v) is 7.48. The van der Waals surface area contributed by atoms with E-state index in [-0.39, 0.29) is 18.1 Å². The van der Waals surface area contributed by atoms with Gasteiger partial charge in [0.05, 0.1) is 18.8 Å². The second-order valence-electron chi connectivity index (χ2n) is 6.43. The number of hydrogen-bond donors (Lipinski definition) is 1. The first-order chi connectivity index (χ1) is 9.11. The summed E-state index contributed by atoms with van der Waals surface area (Å²) in [6, 6.07) is 0. The van der Waals surface area contributed by atoms with Gasteiger partial charge in [-0.1, -0.05) is 0 Å². The van der Waals surface area contributed by atoms with Gasteiger partial charge in [-0.3, -0.25) is 9.69 Å². The van der Waals surface area contributed by atoms with Crippen LogP contribution in [0.4, 0.5) is 0 Å². The number of nitrogens with zero attached hydrogens (tertiary/aromatic N) is 2. The van der Waals surface area contributed by atoms with E-state index in [1.165, 1.54) is 0 Å². The molecule has 108 valence electrons. The molecule has 2 unspecified atom stereocenters. The number of rotatable bonds is 2. The summed E-state index contributed by atoms with van der Waals surface area (Å²) in [7, 11) is 0. The van der Waals surface area contributed by atoms with Gasteiger partial charge in [-0.05, 0) is 38.8 Å². The number of morpholine rings is 1. The van der Waals surface area contributed by atoms with Crippen LogP contribution in [0.1, 0.15) is 13.8 Å². The van der Waals surface area contributed by atoms with Crippen molar-refractivity contribution in [3.05, 3.63) is 0 Å². The maximum Gasteiger partial charge on any atom is 0.236 e. The Balaban J connectivity index is 1.51. The molecule has 0 aromatic carbocycles. The highest BCUT2D eigenvalue weighted by Gasteiger charge is 2.37. The van der Waals surface area contributed by atoms with E-state index in [1.807, 2.05) is 18.7 Å². The molecular weight excluding hydrogens is 242 g/mol. The van der Waals surface area contributed by atoms with Crippen LogP contribution >= 0.6 is 0 Å². The predicted molar refractivity (Wildman–Crippen MR) is 72.9 cm³/mol. The molecular formula is C14H25N3O2. The largest absolute Gasteiger partial charge is 0.372 e. The Hall–Kier alpha value is -0.650. The molecule has 0 aromatic rings. The van der Waals surface area contributed by atoms with Crippen molar-refractivity contribution in [1.82, 2.24) is 15.1 Å². The van der Waals surface area contributed by atoms with E-state index in [2.05, 4.69) is 10.2 Å². The molecule has 3 saturated heterocycles. The highest BCUT2D eigenvalue weighted by atomic mass is 16.5. The number of ether oxygens (including phenoxy) is 1. The summed E-state index contributed by atoms with van der Waals surface area (Å²) >= 11 is 0. The molecule has 0 saturated carbocycles. The molecule has 1 N–H and O–H groups in total. The maximum atomic E-state index is 12.4. The minimum Gasteiger partial charge on any atom is -0.372 e. The van der Waals surface area contributed by atoms with Crippen LogP contribution in [0.2, 0.25) is 0 Å². The Bertz CT molecular complexity index is 328. The molecule has 3 aliphatic rings. The number of amides is 1. The number of likely N-dealkylation sites (tertiary alicyclic amines) is 1. The molecule has 1 amide bonds. The molecule has 3 heterocycles. The minimum absolute atomic E-state index is 0.162. The van der Waals surface area contributed by atoms with Crippen LogP contribution in [-0.4, -0.2) is 73.7 Å². The summed E-state index contributed by atoms with van der Waals surface area (Å²) in [5.74, 6) is 1.79. The Morgan fingerprint density at radius 3 is 2.26 bits per heavy atom. The van der Waals surface area contributed by atoms with Crippen molar-refractivity contribution in [1.29, 1.82) is 0 Å². The molecule has 0 bridgehead atoms. The summed E-state index contributed by atoms with van der Waals surface area (Å²) in [6.07, 6.45) is 0.324. The molecule has 5 heteroatoms. The monoisotopic (exact) mass is 267 g/mol. The number of hydrogen-bond acceptors (Lipinski definition) is 4. The molecule has 3 aliphatic heterocycles. The van der Waals surface area contributed by atoms with Gasteiger partial charge in [0.1, 0.15) is 0 Å². The number of carbonyl (C=O) groups is 1. The topological polar surface area (TPSA) is 44.8 Å². The van der Waals surface area contributed by atoms with Crippen LogP contribution in [0.25, 0.3) is 0 Å². The van der Waals surface area contributed by atoms with Crippen molar-refractivity contribution in [3.63, 3.8) is 0 Å². The van der Waals surface area contributed by atoms with Crippen molar-refractivity contribution >= 4 is 5.91 Å². The van der Waals surface area contributed by atoms with Crippen molar-refractivity contribution in [2.45, 2.75) is 26.1 Å². The van der Waals surface area contributed by atoms with E-state index in [0.717, 1.165) is 51.1 Å². The predicted octanol–water partition coefficient (Wildman–Crippen LogP) is -0.227. The van der Waals surface area contributed by atoms with E-state index in [0.29, 0.717) is 6.54 Å². The van der Waals surface area contributed by atoms with Crippen LogP contribution in [0.3, 0.4) is 0 Å². The zero-order valence-corrected chi connectivity index (χ0v) is 12.0. The van der Waals surface area contributed by atoms with Crippen molar-refractivity contribution < 1.29 is 9.53 Å². The first kappa shape index (κ1) is 13.3. The second kappa shape index (κ2) is 5.38. The zero-order chi connectivity index (χ0) is 13.4. The van der Waals surface area contributed by atoms with Gasteiger partial charge >= 0.3 is 0 Å². The fraction of sp³-hybridized carbons (Fsp3) is 0.929. The van der Waals surface area contributed by atoms with Gasteiger partial charge < -0.3 is 15.0 Å². The van der Waals surface area contributed by atoms with Gasteiger partial charge in [0.25, 0.3) is 0 Å². The molecule has 0 spiro atoms. The summed E-state index contributed by atoms with van der Waals surface area (Å²) in [5.41, 5.74) is 0. The molecule has 4 atom stereocenters. The Labute approximate surface area is 115 Å². The van der Waals surface area contributed by atoms with Gasteiger partial charge in [-0.2, -0.15) is 0 Å². The zero-order valence-electron chi connectivity index (χ0n) is 12.0. The maximum absolute atomic E-state index is 12.4. The lowest BCUT2D eigenvalue weighted by Gasteiger charge is -2.36. The summed E-state index contributed by atoms with van der Waals surface area (Å²) in [4.78, 5) is 16.7. The molecule has 0 aromatic heterocycles. The van der Waals surface area contributed by atoms with E-state index >= 15 is 0 Å². The molecule has 19 heavy (non-hydrogen) atoms. The third-order valence-electron chi connectivity index (χ3n) is 4.60. The van der Waals surface area contributed by atoms with Crippen LogP contribution in [0, 0.1) is 11.8 Å². The molecule has 0 aliphatic carbocycles. The quantitative estimate of drug-likeness (QED) is 0.751. The highest BCUT2D eigenvalue weighted by molar-refractivity contribution is 5.78. The average molecular weight is 267 g/mol. The third kappa shape index (κ3) is 2.93. The van der Waals surface area contributed by atoms with E-state index in [9.17, 15) is 4.79 Å². The highest BCUT2D eigenvalue weighted by Crippen LogP contribution is 2.26. The molecule has 3 fully saturated rings. The average Bonchev–Trinajstić information content (AvgIpc) is 2.88. The number of nitrogens with one attached hydrogen (secondary N) is 1. The lowest BCUT2D eigenvalue weighted by molar-refractivity contribution is -0.144. The van der Waals surface area contributed by atoms with Crippen molar-refractivity contribution in [2.75, 3.05) is 45.8 Å². The van der Waals surface area contributed by atoms with Gasteiger partial charge in [0.15, 0.2) is 0 Å². The van der Waals surface area contributed by atoms with Gasteiger partial charge in [0, 0.05) is 26.2 Å². The minimum atomic E-state index is 0.162. The summed E-state index contributed by atoms with van der Waals surface area (Å²) < 4.78 is 5.68. The lowest BCUT2D eigenvalue weighted by atomic mass is 10.0. The fourth-order valence-electron chi connectivity index (χ4n) is 3.75. The van der Waals surface area contributed by atoms with Crippen LogP contribution in [0.5, 0.6) is 0 Å². The SMILES string of the molecule is CC1CN(C(=O)CN2C[C@H]3CNC[C@H]3C2)CC(C)O1. The van der Waals surface area contributed by atoms with Gasteiger partial charge in [-0.25, -0.2) is 0 Å². The van der Waals surface area contributed by atoms with Crippen LogP contribution in [0.15, 0.2) is 0 Å². The van der Waals surface area contributed by atoms with Gasteiger partial charge in [-0.15, -0.1) is 0 Å². The standard InChI is InChI=1S/C14H25N3O2/c1-10-5-17(6-11(2)19-10)14(18)9-16-7-12-3-15-4-13(12)8-16/h10-13,15H,3-9H2,1-2H3/t10?,11?,12-,13+. The van der Waals surface area contributed by atoms with Gasteiger partial charge in [0.2, 0.25) is 5.91 Å². The summed E-state index contributed by atoms with van der Waals surface area (Å²) in [5, 5.41) is 3.43.